The Bertz CT molecular complexity index is 2780. The fourth-order valence-corrected chi connectivity index (χ4v) is 11.3. The molecule has 310 valence electrons. The second-order valence-electron chi connectivity index (χ2n) is 17.9. The van der Waals surface area contributed by atoms with Gasteiger partial charge in [0.2, 0.25) is 0 Å². The summed E-state index contributed by atoms with van der Waals surface area (Å²) >= 11 is 0. The van der Waals surface area contributed by atoms with Gasteiger partial charge in [0.05, 0.1) is 22.9 Å². The maximum absolute atomic E-state index is 6.70. The monoisotopic (exact) mass is 812 g/mol. The summed E-state index contributed by atoms with van der Waals surface area (Å²) in [6.07, 6.45) is 24.7. The molecule has 0 amide bonds. The number of nitrogens with two attached hydrogens (primary N) is 1. The van der Waals surface area contributed by atoms with Crippen LogP contribution in [0.5, 0.6) is 0 Å². The Kier molecular flexibility index (Phi) is 10.0. The molecule has 0 saturated heterocycles. The van der Waals surface area contributed by atoms with Gasteiger partial charge in [-0.2, -0.15) is 0 Å². The van der Waals surface area contributed by atoms with E-state index < -0.39 is 0 Å². The molecule has 0 radical (unpaired) electrons. The number of benzene rings is 4. The van der Waals surface area contributed by atoms with Gasteiger partial charge < -0.3 is 20.1 Å². The molecular formula is C56H56N6. The minimum absolute atomic E-state index is 0.173. The molecule has 5 aromatic rings. The number of rotatable bonds is 9. The van der Waals surface area contributed by atoms with Gasteiger partial charge in [-0.05, 0) is 109 Å². The third-order valence-electron chi connectivity index (χ3n) is 14.1. The van der Waals surface area contributed by atoms with Gasteiger partial charge in [-0.3, -0.25) is 5.32 Å². The molecule has 6 nitrogen and oxygen atoms in total. The van der Waals surface area contributed by atoms with Gasteiger partial charge in [0.25, 0.3) is 0 Å². The molecule has 0 saturated carbocycles. The number of hydrogen-bond acceptors (Lipinski definition) is 4. The topological polar surface area (TPSA) is 61.8 Å². The van der Waals surface area contributed by atoms with E-state index in [-0.39, 0.29) is 24.2 Å². The zero-order valence-electron chi connectivity index (χ0n) is 35.9. The number of nitrogens with one attached hydrogen (secondary N) is 1. The Morgan fingerprint density at radius 2 is 1.55 bits per heavy atom. The van der Waals surface area contributed by atoms with Gasteiger partial charge >= 0.3 is 0 Å². The van der Waals surface area contributed by atoms with E-state index in [1.807, 2.05) is 30.3 Å². The fourth-order valence-electron chi connectivity index (χ4n) is 11.3. The Morgan fingerprint density at radius 1 is 0.790 bits per heavy atom. The van der Waals surface area contributed by atoms with Crippen LogP contribution in [-0.4, -0.2) is 27.4 Å². The van der Waals surface area contributed by atoms with E-state index in [2.05, 4.69) is 161 Å². The summed E-state index contributed by atoms with van der Waals surface area (Å²) in [5, 5.41) is 5.40. The summed E-state index contributed by atoms with van der Waals surface area (Å²) in [5.74, 6) is 1.29. The summed E-state index contributed by atoms with van der Waals surface area (Å²) in [5.41, 5.74) is 24.5. The second-order valence-corrected chi connectivity index (χ2v) is 17.9. The Morgan fingerprint density at radius 3 is 2.35 bits per heavy atom. The number of nitrogens with zero attached hydrogens (tertiary/aromatic N) is 4. The SMILES string of the molecule is CCC(NC(N=C(N)c1ccccc1)c1ccccc1)C1C=CC=C(n2c3c(c4ccccc42)CCC2=C3CC3C4=C(CC(C)C=C4)N(c4ccccc4)C4=C(CCC=C4)N23)C1. The molecule has 4 aromatic carbocycles. The Labute approximate surface area is 366 Å². The average molecular weight is 813 g/mol. The van der Waals surface area contributed by atoms with E-state index in [0.29, 0.717) is 11.8 Å². The van der Waals surface area contributed by atoms with Crippen LogP contribution in [-0.2, 0) is 6.42 Å². The van der Waals surface area contributed by atoms with Crippen molar-refractivity contribution < 1.29 is 0 Å². The Hall–Kier alpha value is -6.37. The van der Waals surface area contributed by atoms with Crippen LogP contribution in [0.1, 0.15) is 87.3 Å². The minimum Gasteiger partial charge on any atom is -0.383 e. The molecule has 5 unspecified atom stereocenters. The molecule has 62 heavy (non-hydrogen) atoms. The molecule has 3 heterocycles. The quantitative estimate of drug-likeness (QED) is 0.115. The van der Waals surface area contributed by atoms with Crippen LogP contribution >= 0.6 is 0 Å². The van der Waals surface area contributed by atoms with Crippen LogP contribution in [0.15, 0.2) is 191 Å². The van der Waals surface area contributed by atoms with Gasteiger partial charge in [0, 0.05) is 51.9 Å². The molecule has 2 aliphatic heterocycles. The molecule has 0 bridgehead atoms. The number of aromatic nitrogens is 1. The van der Waals surface area contributed by atoms with E-state index >= 15 is 0 Å². The molecule has 4 aliphatic carbocycles. The van der Waals surface area contributed by atoms with Crippen LogP contribution in [0, 0.1) is 11.8 Å². The molecule has 3 N–H and O–H groups in total. The summed E-state index contributed by atoms with van der Waals surface area (Å²) < 4.78 is 2.68. The molecule has 0 fully saturated rings. The first-order chi connectivity index (χ1) is 30.6. The van der Waals surface area contributed by atoms with Crippen molar-refractivity contribution >= 4 is 33.7 Å². The lowest BCUT2D eigenvalue weighted by Crippen LogP contribution is -2.38. The number of fused-ring (bicyclic) bond motifs is 8. The lowest BCUT2D eigenvalue weighted by atomic mass is 9.86. The lowest BCUT2D eigenvalue weighted by molar-refractivity contribution is 0.357. The molecule has 6 heteroatoms. The number of anilines is 1. The highest BCUT2D eigenvalue weighted by molar-refractivity contribution is 5.98. The smallest absolute Gasteiger partial charge is 0.128 e. The van der Waals surface area contributed by atoms with E-state index in [0.717, 1.165) is 62.5 Å². The molecular weight excluding hydrogens is 757 g/mol. The number of allylic oxidation sites excluding steroid dienone is 9. The molecule has 5 atom stereocenters. The average Bonchev–Trinajstić information content (AvgIpc) is 3.85. The zero-order chi connectivity index (χ0) is 41.7. The summed E-state index contributed by atoms with van der Waals surface area (Å²) in [6, 6.07) is 41.4. The summed E-state index contributed by atoms with van der Waals surface area (Å²) in [7, 11) is 0. The molecule has 0 spiro atoms. The lowest BCUT2D eigenvalue weighted by Gasteiger charge is -2.35. The van der Waals surface area contributed by atoms with Crippen molar-refractivity contribution in [2.75, 3.05) is 4.90 Å². The predicted molar refractivity (Wildman–Crippen MR) is 257 cm³/mol. The van der Waals surface area contributed by atoms with Gasteiger partial charge in [0.1, 0.15) is 12.0 Å². The number of aliphatic imine (C=N–C) groups is 1. The number of aryl methyl sites for hydroxylation is 1. The van der Waals surface area contributed by atoms with Gasteiger partial charge in [-0.15, -0.1) is 0 Å². The van der Waals surface area contributed by atoms with Crippen LogP contribution in [0.2, 0.25) is 0 Å². The van der Waals surface area contributed by atoms with E-state index in [1.54, 1.807) is 0 Å². The van der Waals surface area contributed by atoms with Crippen molar-refractivity contribution in [2.45, 2.75) is 83.5 Å². The van der Waals surface area contributed by atoms with Crippen LogP contribution < -0.4 is 16.0 Å². The highest BCUT2D eigenvalue weighted by atomic mass is 15.3. The normalized spacial score (nSPS) is 22.8. The predicted octanol–water partition coefficient (Wildman–Crippen LogP) is 12.2. The largest absolute Gasteiger partial charge is 0.383 e. The van der Waals surface area contributed by atoms with Crippen molar-refractivity contribution in [3.8, 4) is 0 Å². The maximum atomic E-state index is 6.70. The number of para-hydroxylation sites is 2. The first kappa shape index (κ1) is 38.5. The first-order valence-electron chi connectivity index (χ1n) is 22.9. The van der Waals surface area contributed by atoms with Crippen molar-refractivity contribution in [3.05, 3.63) is 209 Å². The zero-order valence-corrected chi connectivity index (χ0v) is 35.9. The van der Waals surface area contributed by atoms with Crippen LogP contribution in [0.3, 0.4) is 0 Å². The van der Waals surface area contributed by atoms with E-state index in [4.69, 9.17) is 10.7 Å². The van der Waals surface area contributed by atoms with Crippen LogP contribution in [0.4, 0.5) is 5.69 Å². The summed E-state index contributed by atoms with van der Waals surface area (Å²) in [4.78, 5) is 10.6. The second kappa shape index (κ2) is 16.2. The minimum atomic E-state index is -0.278. The fraction of sp³-hybridized carbons (Fsp3) is 0.268. The van der Waals surface area contributed by atoms with Crippen LogP contribution in [0.25, 0.3) is 22.2 Å². The van der Waals surface area contributed by atoms with Gasteiger partial charge in [-0.25, -0.2) is 4.99 Å². The third-order valence-corrected chi connectivity index (χ3v) is 14.1. The Balaban J connectivity index is 0.988. The van der Waals surface area contributed by atoms with Gasteiger partial charge in [0.15, 0.2) is 0 Å². The first-order valence-corrected chi connectivity index (χ1v) is 22.9. The van der Waals surface area contributed by atoms with Crippen molar-refractivity contribution in [1.29, 1.82) is 0 Å². The van der Waals surface area contributed by atoms with Crippen molar-refractivity contribution in [2.24, 2.45) is 22.6 Å². The maximum Gasteiger partial charge on any atom is 0.128 e. The number of amidine groups is 1. The highest BCUT2D eigenvalue weighted by Crippen LogP contribution is 2.54. The van der Waals surface area contributed by atoms with Crippen molar-refractivity contribution in [1.82, 2.24) is 14.8 Å². The number of hydrogen-bond donors (Lipinski definition) is 2. The van der Waals surface area contributed by atoms with Crippen molar-refractivity contribution in [3.63, 3.8) is 0 Å². The molecule has 11 rings (SSSR count). The standard InChI is InChI=1S/C56H56N6/c1-3-47(58-56(39-20-9-5-10-21-39)59-55(57)38-18-7-4-8-19-38)40-22-17-25-42(35-40)61-48-27-14-13-26-43(48)44-32-33-49-46(54(44)61)36-53-45-31-30-37(2)34-52(45)60(41-23-11-6-12-24-41)50-28-15-16-29-51(50)62(49)53/h4-15,17-28,30-31,37,40,47,53,56,58H,3,16,29,32-36H2,1-2H3,(H2,57,59). The summed E-state index contributed by atoms with van der Waals surface area (Å²) in [6.45, 7) is 4.66. The van der Waals surface area contributed by atoms with Gasteiger partial charge in [-0.1, -0.05) is 141 Å². The molecule has 6 aliphatic rings. The highest BCUT2D eigenvalue weighted by Gasteiger charge is 2.45. The third kappa shape index (κ3) is 6.63. The van der Waals surface area contributed by atoms with E-state index in [9.17, 15) is 0 Å². The molecule has 1 aromatic heterocycles. The van der Waals surface area contributed by atoms with E-state index in [1.165, 1.54) is 67.5 Å².